The van der Waals surface area contributed by atoms with Gasteiger partial charge in [-0.25, -0.2) is 14.8 Å². The summed E-state index contributed by atoms with van der Waals surface area (Å²) in [6, 6.07) is 5.40. The number of hydrogen-bond donors (Lipinski definition) is 1. The summed E-state index contributed by atoms with van der Waals surface area (Å²) in [6.07, 6.45) is 0. The summed E-state index contributed by atoms with van der Waals surface area (Å²) in [7, 11) is 4.85. The summed E-state index contributed by atoms with van der Waals surface area (Å²) in [5.74, 6) is 0.830. The summed E-state index contributed by atoms with van der Waals surface area (Å²) in [5, 5.41) is 6.39. The molecule has 0 spiro atoms. The number of aromatic nitrogens is 1. The molecule has 1 aromatic heterocycles. The van der Waals surface area contributed by atoms with Crippen molar-refractivity contribution < 1.29 is 14.3 Å². The van der Waals surface area contributed by atoms with Gasteiger partial charge in [0.25, 0.3) is 0 Å². The second kappa shape index (κ2) is 9.91. The SMILES string of the molecule is CCNC(=NCc1ccc(OC)c(C(=O)OC)c1)N(C)Cc1csc(C)n1. The molecule has 0 fully saturated rings. The molecule has 0 aliphatic heterocycles. The molecule has 1 heterocycles. The van der Waals surface area contributed by atoms with Crippen LogP contribution in [-0.2, 0) is 17.8 Å². The van der Waals surface area contributed by atoms with Gasteiger partial charge in [0.05, 0.1) is 38.0 Å². The van der Waals surface area contributed by atoms with E-state index in [9.17, 15) is 4.79 Å². The molecule has 0 saturated carbocycles. The number of aliphatic imine (C=N–C) groups is 1. The number of ether oxygens (including phenoxy) is 2. The van der Waals surface area contributed by atoms with Crippen molar-refractivity contribution in [3.63, 3.8) is 0 Å². The molecule has 2 rings (SSSR count). The molecule has 0 unspecified atom stereocenters. The second-order valence-electron chi connectivity index (χ2n) is 5.91. The van der Waals surface area contributed by atoms with Crippen LogP contribution in [0.1, 0.15) is 33.5 Å². The van der Waals surface area contributed by atoms with E-state index in [1.54, 1.807) is 23.5 Å². The highest BCUT2D eigenvalue weighted by molar-refractivity contribution is 7.09. The van der Waals surface area contributed by atoms with Gasteiger partial charge in [-0.05, 0) is 31.5 Å². The monoisotopic (exact) mass is 390 g/mol. The number of carbonyl (C=O) groups excluding carboxylic acids is 1. The minimum atomic E-state index is -0.430. The molecular formula is C19H26N4O3S. The zero-order chi connectivity index (χ0) is 19.8. The molecule has 0 aliphatic rings. The lowest BCUT2D eigenvalue weighted by Crippen LogP contribution is -2.38. The maximum atomic E-state index is 11.9. The van der Waals surface area contributed by atoms with Crippen LogP contribution in [0, 0.1) is 6.92 Å². The van der Waals surface area contributed by atoms with Gasteiger partial charge in [-0.15, -0.1) is 11.3 Å². The Morgan fingerprint density at radius 1 is 1.37 bits per heavy atom. The van der Waals surface area contributed by atoms with Crippen LogP contribution >= 0.6 is 11.3 Å². The third kappa shape index (κ3) is 5.68. The topological polar surface area (TPSA) is 76.1 Å². The standard InChI is InChI=1S/C19H26N4O3S/c1-6-20-19(23(3)11-15-12-27-13(2)22-15)21-10-14-7-8-17(25-4)16(9-14)18(24)26-5/h7-9,12H,6,10-11H2,1-5H3,(H,20,21). The Morgan fingerprint density at radius 2 is 2.15 bits per heavy atom. The lowest BCUT2D eigenvalue weighted by atomic mass is 10.1. The van der Waals surface area contributed by atoms with Gasteiger partial charge >= 0.3 is 5.97 Å². The number of guanidine groups is 1. The first-order valence-electron chi connectivity index (χ1n) is 8.64. The summed E-state index contributed by atoms with van der Waals surface area (Å²) >= 11 is 1.64. The molecule has 1 N–H and O–H groups in total. The number of aryl methyl sites for hydroxylation is 1. The van der Waals surface area contributed by atoms with Crippen LogP contribution in [0.4, 0.5) is 0 Å². The lowest BCUT2D eigenvalue weighted by Gasteiger charge is -2.21. The van der Waals surface area contributed by atoms with Crippen molar-refractivity contribution in [3.8, 4) is 5.75 Å². The number of thiazole rings is 1. The molecule has 0 aliphatic carbocycles. The van der Waals surface area contributed by atoms with E-state index in [4.69, 9.17) is 9.47 Å². The first kappa shape index (κ1) is 20.7. The zero-order valence-electron chi connectivity index (χ0n) is 16.4. The van der Waals surface area contributed by atoms with Gasteiger partial charge in [0.1, 0.15) is 11.3 Å². The predicted octanol–water partition coefficient (Wildman–Crippen LogP) is 2.84. The van der Waals surface area contributed by atoms with Crippen LogP contribution < -0.4 is 10.1 Å². The van der Waals surface area contributed by atoms with Gasteiger partial charge < -0.3 is 19.7 Å². The molecule has 2 aromatic rings. The van der Waals surface area contributed by atoms with Crippen molar-refractivity contribution in [1.29, 1.82) is 0 Å². The van der Waals surface area contributed by atoms with Crippen molar-refractivity contribution in [2.75, 3.05) is 27.8 Å². The van der Waals surface area contributed by atoms with Crippen LogP contribution in [-0.4, -0.2) is 49.6 Å². The van der Waals surface area contributed by atoms with Crippen LogP contribution in [0.2, 0.25) is 0 Å². The van der Waals surface area contributed by atoms with E-state index < -0.39 is 5.97 Å². The van der Waals surface area contributed by atoms with E-state index in [1.165, 1.54) is 14.2 Å². The molecule has 27 heavy (non-hydrogen) atoms. The summed E-state index contributed by atoms with van der Waals surface area (Å²) in [4.78, 5) is 23.1. The minimum Gasteiger partial charge on any atom is -0.496 e. The highest BCUT2D eigenvalue weighted by atomic mass is 32.1. The van der Waals surface area contributed by atoms with Crippen molar-refractivity contribution in [2.24, 2.45) is 4.99 Å². The van der Waals surface area contributed by atoms with Crippen molar-refractivity contribution >= 4 is 23.3 Å². The fourth-order valence-electron chi connectivity index (χ4n) is 2.56. The van der Waals surface area contributed by atoms with Gasteiger partial charge in [0, 0.05) is 19.0 Å². The van der Waals surface area contributed by atoms with E-state index in [-0.39, 0.29) is 0 Å². The van der Waals surface area contributed by atoms with E-state index in [0.29, 0.717) is 24.4 Å². The third-order valence-corrected chi connectivity index (χ3v) is 4.67. The minimum absolute atomic E-state index is 0.393. The molecule has 0 amide bonds. The van der Waals surface area contributed by atoms with E-state index in [2.05, 4.69) is 20.7 Å². The number of carbonyl (C=O) groups is 1. The third-order valence-electron chi connectivity index (χ3n) is 3.84. The van der Waals surface area contributed by atoms with Crippen molar-refractivity contribution in [2.45, 2.75) is 26.9 Å². The smallest absolute Gasteiger partial charge is 0.341 e. The molecule has 0 atom stereocenters. The van der Waals surface area contributed by atoms with Gasteiger partial charge in [-0.1, -0.05) is 6.07 Å². The Kier molecular flexibility index (Phi) is 7.60. The van der Waals surface area contributed by atoms with Crippen molar-refractivity contribution in [3.05, 3.63) is 45.4 Å². The highest BCUT2D eigenvalue weighted by Crippen LogP contribution is 2.21. The van der Waals surface area contributed by atoms with Gasteiger partial charge in [0.2, 0.25) is 0 Å². The summed E-state index contributed by atoms with van der Waals surface area (Å²) in [6.45, 7) is 5.88. The fraction of sp³-hybridized carbons (Fsp3) is 0.421. The Labute approximate surface area is 164 Å². The first-order chi connectivity index (χ1) is 13.0. The largest absolute Gasteiger partial charge is 0.496 e. The molecule has 1 aromatic carbocycles. The number of esters is 1. The Balaban J connectivity index is 2.17. The number of rotatable bonds is 7. The Bertz CT molecular complexity index is 804. The van der Waals surface area contributed by atoms with Crippen LogP contribution in [0.15, 0.2) is 28.6 Å². The molecule has 146 valence electrons. The van der Waals surface area contributed by atoms with Gasteiger partial charge in [-0.2, -0.15) is 0 Å². The molecule has 0 saturated heterocycles. The molecular weight excluding hydrogens is 364 g/mol. The molecule has 0 bridgehead atoms. The predicted molar refractivity (Wildman–Crippen MR) is 107 cm³/mol. The Morgan fingerprint density at radius 3 is 2.74 bits per heavy atom. The highest BCUT2D eigenvalue weighted by Gasteiger charge is 2.14. The number of nitrogens with zero attached hydrogens (tertiary/aromatic N) is 3. The average Bonchev–Trinajstić information content (AvgIpc) is 3.08. The molecule has 0 radical (unpaired) electrons. The van der Waals surface area contributed by atoms with E-state index in [1.807, 2.05) is 31.9 Å². The summed E-state index contributed by atoms with van der Waals surface area (Å²) in [5.41, 5.74) is 2.30. The summed E-state index contributed by atoms with van der Waals surface area (Å²) < 4.78 is 10.1. The molecule has 8 heteroatoms. The van der Waals surface area contributed by atoms with E-state index >= 15 is 0 Å². The zero-order valence-corrected chi connectivity index (χ0v) is 17.2. The lowest BCUT2D eigenvalue weighted by molar-refractivity contribution is 0.0597. The maximum Gasteiger partial charge on any atom is 0.341 e. The number of methoxy groups -OCH3 is 2. The van der Waals surface area contributed by atoms with Crippen LogP contribution in [0.3, 0.4) is 0 Å². The van der Waals surface area contributed by atoms with Crippen molar-refractivity contribution in [1.82, 2.24) is 15.2 Å². The number of nitrogens with one attached hydrogen (secondary N) is 1. The van der Waals surface area contributed by atoms with Crippen LogP contribution in [0.25, 0.3) is 0 Å². The quantitative estimate of drug-likeness (QED) is 0.445. The second-order valence-corrected chi connectivity index (χ2v) is 6.97. The normalized spacial score (nSPS) is 11.2. The fourth-order valence-corrected chi connectivity index (χ4v) is 3.16. The van der Waals surface area contributed by atoms with Crippen LogP contribution in [0.5, 0.6) is 5.75 Å². The van der Waals surface area contributed by atoms with Gasteiger partial charge in [0.15, 0.2) is 5.96 Å². The number of benzene rings is 1. The van der Waals surface area contributed by atoms with E-state index in [0.717, 1.165) is 28.8 Å². The van der Waals surface area contributed by atoms with Gasteiger partial charge in [-0.3, -0.25) is 0 Å². The Hall–Kier alpha value is -2.61. The average molecular weight is 391 g/mol. The number of hydrogen-bond acceptors (Lipinski definition) is 6. The maximum absolute atomic E-state index is 11.9. The molecule has 7 nitrogen and oxygen atoms in total. The first-order valence-corrected chi connectivity index (χ1v) is 9.52.